The van der Waals surface area contributed by atoms with Crippen LogP contribution in [-0.4, -0.2) is 67.2 Å². The third-order valence-electron chi connectivity index (χ3n) is 4.31. The normalized spacial score (nSPS) is 34.7. The van der Waals surface area contributed by atoms with Gasteiger partial charge in [0.2, 0.25) is 0 Å². The maximum absolute atomic E-state index is 6.40. The molecule has 2 fully saturated rings. The molecule has 2 atom stereocenters. The Hall–Kier alpha value is 0.170. The lowest BCUT2D eigenvalue weighted by atomic mass is 9.83. The van der Waals surface area contributed by atoms with Gasteiger partial charge in [0, 0.05) is 31.6 Å². The van der Waals surface area contributed by atoms with Crippen molar-refractivity contribution in [3.63, 3.8) is 0 Å². The van der Waals surface area contributed by atoms with E-state index in [9.17, 15) is 0 Å². The first-order valence-electron chi connectivity index (χ1n) is 7.21. The number of likely N-dealkylation sites (N-methyl/N-ethyl adjacent to an activating group) is 1. The summed E-state index contributed by atoms with van der Waals surface area (Å²) in [6, 6.07) is 0. The molecule has 2 saturated heterocycles. The van der Waals surface area contributed by atoms with E-state index in [0.29, 0.717) is 11.5 Å². The molecule has 0 aromatic rings. The van der Waals surface area contributed by atoms with E-state index in [1.807, 2.05) is 0 Å². The lowest BCUT2D eigenvalue weighted by Crippen LogP contribution is -2.52. The van der Waals surface area contributed by atoms with Crippen LogP contribution in [0.2, 0.25) is 0 Å². The van der Waals surface area contributed by atoms with E-state index in [4.69, 9.17) is 16.3 Å². The molecule has 2 rings (SSSR count). The van der Waals surface area contributed by atoms with E-state index in [2.05, 4.69) is 30.6 Å². The molecule has 106 valence electrons. The third kappa shape index (κ3) is 3.60. The first kappa shape index (κ1) is 14.6. The van der Waals surface area contributed by atoms with Gasteiger partial charge in [0.25, 0.3) is 0 Å². The number of morpholine rings is 1. The van der Waals surface area contributed by atoms with Crippen molar-refractivity contribution in [2.24, 2.45) is 5.41 Å². The molecule has 2 aliphatic rings. The molecule has 0 amide bonds. The summed E-state index contributed by atoms with van der Waals surface area (Å²) in [5.74, 6) is 0. The van der Waals surface area contributed by atoms with Gasteiger partial charge >= 0.3 is 0 Å². The Balaban J connectivity index is 1.82. The first-order chi connectivity index (χ1) is 8.51. The number of ether oxygens (including phenoxy) is 1. The standard InChI is InChI=1S/C14H27ClN2O/c1-4-16-7-8-18-12(9-16)10-17-6-5-13(15)14(2,3)11-17/h12-13H,4-11H2,1-3H3. The predicted octanol–water partition coefficient (Wildman–Crippen LogP) is 2.05. The number of nitrogens with zero attached hydrogens (tertiary/aromatic N) is 2. The van der Waals surface area contributed by atoms with E-state index in [1.54, 1.807) is 0 Å². The lowest BCUT2D eigenvalue weighted by molar-refractivity contribution is -0.0495. The Bertz CT molecular complexity index is 273. The minimum atomic E-state index is 0.221. The fourth-order valence-corrected chi connectivity index (χ4v) is 3.23. The van der Waals surface area contributed by atoms with Crippen molar-refractivity contribution < 1.29 is 4.74 Å². The summed E-state index contributed by atoms with van der Waals surface area (Å²) in [4.78, 5) is 5.01. The van der Waals surface area contributed by atoms with Crippen LogP contribution in [0.25, 0.3) is 0 Å². The quantitative estimate of drug-likeness (QED) is 0.733. The zero-order valence-electron chi connectivity index (χ0n) is 12.0. The van der Waals surface area contributed by atoms with Crippen molar-refractivity contribution >= 4 is 11.6 Å². The van der Waals surface area contributed by atoms with Crippen molar-refractivity contribution in [1.82, 2.24) is 9.80 Å². The van der Waals surface area contributed by atoms with Crippen LogP contribution in [0.5, 0.6) is 0 Å². The van der Waals surface area contributed by atoms with Gasteiger partial charge in [-0.15, -0.1) is 11.6 Å². The molecule has 0 aromatic heterocycles. The number of hydrogen-bond donors (Lipinski definition) is 0. The third-order valence-corrected chi connectivity index (χ3v) is 5.12. The van der Waals surface area contributed by atoms with Crippen molar-refractivity contribution in [2.75, 3.05) is 45.9 Å². The van der Waals surface area contributed by atoms with E-state index in [1.165, 1.54) is 0 Å². The molecule has 2 aliphatic heterocycles. The molecule has 3 nitrogen and oxygen atoms in total. The van der Waals surface area contributed by atoms with Crippen LogP contribution in [0.15, 0.2) is 0 Å². The summed E-state index contributed by atoms with van der Waals surface area (Å²) in [6.45, 7) is 14.2. The molecule has 0 radical (unpaired) electrons. The fraction of sp³-hybridized carbons (Fsp3) is 1.00. The second-order valence-electron chi connectivity index (χ2n) is 6.37. The molecule has 0 N–H and O–H groups in total. The van der Waals surface area contributed by atoms with Gasteiger partial charge < -0.3 is 9.64 Å². The average molecular weight is 275 g/mol. The van der Waals surface area contributed by atoms with Crippen LogP contribution >= 0.6 is 11.6 Å². The molecule has 18 heavy (non-hydrogen) atoms. The minimum absolute atomic E-state index is 0.221. The van der Waals surface area contributed by atoms with E-state index < -0.39 is 0 Å². The molecule has 2 unspecified atom stereocenters. The maximum atomic E-state index is 6.40. The molecule has 0 saturated carbocycles. The highest BCUT2D eigenvalue weighted by Crippen LogP contribution is 2.33. The molecular formula is C14H27ClN2O. The molecule has 0 aliphatic carbocycles. The first-order valence-corrected chi connectivity index (χ1v) is 7.65. The van der Waals surface area contributed by atoms with Gasteiger partial charge in [-0.25, -0.2) is 0 Å². The molecule has 0 aromatic carbocycles. The number of piperidine rings is 1. The van der Waals surface area contributed by atoms with Crippen LogP contribution < -0.4 is 0 Å². The van der Waals surface area contributed by atoms with E-state index in [-0.39, 0.29) is 5.41 Å². The van der Waals surface area contributed by atoms with Gasteiger partial charge in [-0.2, -0.15) is 0 Å². The number of halogens is 1. The number of rotatable bonds is 3. The largest absolute Gasteiger partial charge is 0.374 e. The summed E-state index contributed by atoms with van der Waals surface area (Å²) < 4.78 is 5.89. The Morgan fingerprint density at radius 3 is 2.72 bits per heavy atom. The van der Waals surface area contributed by atoms with Gasteiger partial charge in [0.1, 0.15) is 0 Å². The highest BCUT2D eigenvalue weighted by Gasteiger charge is 2.35. The zero-order chi connectivity index (χ0) is 13.2. The van der Waals surface area contributed by atoms with E-state index in [0.717, 1.165) is 52.3 Å². The molecule has 4 heteroatoms. The molecule has 2 heterocycles. The molecule has 0 bridgehead atoms. The summed E-state index contributed by atoms with van der Waals surface area (Å²) in [6.07, 6.45) is 1.47. The second-order valence-corrected chi connectivity index (χ2v) is 6.89. The van der Waals surface area contributed by atoms with Crippen LogP contribution in [0.3, 0.4) is 0 Å². The van der Waals surface area contributed by atoms with Gasteiger partial charge in [-0.3, -0.25) is 4.90 Å². The zero-order valence-corrected chi connectivity index (χ0v) is 12.7. The average Bonchev–Trinajstić information content (AvgIpc) is 2.34. The maximum Gasteiger partial charge on any atom is 0.0829 e. The monoisotopic (exact) mass is 274 g/mol. The predicted molar refractivity (Wildman–Crippen MR) is 76.3 cm³/mol. The van der Waals surface area contributed by atoms with E-state index >= 15 is 0 Å². The van der Waals surface area contributed by atoms with Gasteiger partial charge in [0.05, 0.1) is 12.7 Å². The van der Waals surface area contributed by atoms with Gasteiger partial charge in [-0.1, -0.05) is 20.8 Å². The minimum Gasteiger partial charge on any atom is -0.374 e. The SMILES string of the molecule is CCN1CCOC(CN2CCC(Cl)C(C)(C)C2)C1. The van der Waals surface area contributed by atoms with Gasteiger partial charge in [-0.05, 0) is 24.9 Å². The van der Waals surface area contributed by atoms with Crippen LogP contribution in [0, 0.1) is 5.41 Å². The van der Waals surface area contributed by atoms with Crippen LogP contribution in [-0.2, 0) is 4.74 Å². The summed E-state index contributed by atoms with van der Waals surface area (Å²) in [7, 11) is 0. The topological polar surface area (TPSA) is 15.7 Å². The Labute approximate surface area is 116 Å². The van der Waals surface area contributed by atoms with Crippen LogP contribution in [0.4, 0.5) is 0 Å². The Morgan fingerprint density at radius 1 is 1.28 bits per heavy atom. The summed E-state index contributed by atoms with van der Waals surface area (Å²) in [5.41, 5.74) is 0.221. The molecule has 0 spiro atoms. The Morgan fingerprint density at radius 2 is 2.06 bits per heavy atom. The van der Waals surface area contributed by atoms with Crippen LogP contribution in [0.1, 0.15) is 27.2 Å². The lowest BCUT2D eigenvalue weighted by Gasteiger charge is -2.43. The smallest absolute Gasteiger partial charge is 0.0829 e. The van der Waals surface area contributed by atoms with Crippen molar-refractivity contribution in [2.45, 2.75) is 38.7 Å². The number of likely N-dealkylation sites (tertiary alicyclic amines) is 1. The number of hydrogen-bond acceptors (Lipinski definition) is 3. The highest BCUT2D eigenvalue weighted by atomic mass is 35.5. The number of alkyl halides is 1. The van der Waals surface area contributed by atoms with Crippen molar-refractivity contribution in [3.8, 4) is 0 Å². The van der Waals surface area contributed by atoms with Gasteiger partial charge in [0.15, 0.2) is 0 Å². The second kappa shape index (κ2) is 6.08. The highest BCUT2D eigenvalue weighted by molar-refractivity contribution is 6.21. The summed E-state index contributed by atoms with van der Waals surface area (Å²) in [5, 5.41) is 0.313. The van der Waals surface area contributed by atoms with Crippen molar-refractivity contribution in [3.05, 3.63) is 0 Å². The molecular weight excluding hydrogens is 248 g/mol. The Kier molecular flexibility index (Phi) is 4.92. The summed E-state index contributed by atoms with van der Waals surface area (Å²) >= 11 is 6.40. The fourth-order valence-electron chi connectivity index (χ4n) is 3.06. The van der Waals surface area contributed by atoms with Crippen molar-refractivity contribution in [1.29, 1.82) is 0 Å².